The number of hydrogen-bond acceptors (Lipinski definition) is 2. The van der Waals surface area contributed by atoms with Gasteiger partial charge in [-0.2, -0.15) is 13.2 Å². The average Bonchev–Trinajstić information content (AvgIpc) is 2.81. The lowest BCUT2D eigenvalue weighted by Gasteiger charge is -2.28. The second-order valence-electron chi connectivity index (χ2n) is 4.81. The zero-order chi connectivity index (χ0) is 13.2. The molecule has 1 saturated carbocycles. The van der Waals surface area contributed by atoms with Crippen molar-refractivity contribution in [3.8, 4) is 0 Å². The molecule has 1 aromatic heterocycles. The van der Waals surface area contributed by atoms with Gasteiger partial charge in [0.1, 0.15) is 5.78 Å². The second kappa shape index (κ2) is 5.43. The number of alkyl halides is 3. The minimum atomic E-state index is -4.10. The van der Waals surface area contributed by atoms with E-state index in [-0.39, 0.29) is 24.5 Å². The first-order valence-corrected chi connectivity index (χ1v) is 6.96. The van der Waals surface area contributed by atoms with Crippen molar-refractivity contribution < 1.29 is 18.0 Å². The number of ketones is 1. The molecule has 0 aliphatic heterocycles. The maximum atomic E-state index is 12.5. The lowest BCUT2D eigenvalue weighted by atomic mass is 9.79. The standard InChI is InChI=1S/C13H15F3OS/c14-13(15,16)10-5-3-9(4-6-10)12(17)8-11-2-1-7-18-11/h1-2,7,9-10H,3-6,8H2. The average molecular weight is 276 g/mol. The van der Waals surface area contributed by atoms with Gasteiger partial charge in [-0.3, -0.25) is 4.79 Å². The predicted molar refractivity (Wildman–Crippen MR) is 64.5 cm³/mol. The van der Waals surface area contributed by atoms with Crippen LogP contribution < -0.4 is 0 Å². The Labute approximate surface area is 108 Å². The highest BCUT2D eigenvalue weighted by molar-refractivity contribution is 7.10. The molecule has 0 aromatic carbocycles. The van der Waals surface area contributed by atoms with Crippen molar-refractivity contribution in [2.45, 2.75) is 38.3 Å². The largest absolute Gasteiger partial charge is 0.391 e. The fourth-order valence-corrected chi connectivity index (χ4v) is 3.19. The normalized spacial score (nSPS) is 25.1. The Morgan fingerprint density at radius 2 is 1.94 bits per heavy atom. The van der Waals surface area contributed by atoms with Crippen LogP contribution in [0.3, 0.4) is 0 Å². The van der Waals surface area contributed by atoms with Crippen LogP contribution >= 0.6 is 11.3 Å². The Bertz CT molecular complexity index is 389. The summed E-state index contributed by atoms with van der Waals surface area (Å²) < 4.78 is 37.5. The van der Waals surface area contributed by atoms with Crippen molar-refractivity contribution in [2.24, 2.45) is 11.8 Å². The molecular formula is C13H15F3OS. The zero-order valence-corrected chi connectivity index (χ0v) is 10.7. The smallest absolute Gasteiger partial charge is 0.299 e. The number of hydrogen-bond donors (Lipinski definition) is 0. The number of rotatable bonds is 3. The van der Waals surface area contributed by atoms with Crippen LogP contribution in [-0.4, -0.2) is 12.0 Å². The Morgan fingerprint density at radius 1 is 1.28 bits per heavy atom. The quantitative estimate of drug-likeness (QED) is 0.807. The van der Waals surface area contributed by atoms with Crippen LogP contribution in [0.15, 0.2) is 17.5 Å². The van der Waals surface area contributed by atoms with E-state index in [1.54, 1.807) is 0 Å². The summed E-state index contributed by atoms with van der Waals surface area (Å²) in [4.78, 5) is 12.9. The molecule has 18 heavy (non-hydrogen) atoms. The van der Waals surface area contributed by atoms with E-state index in [9.17, 15) is 18.0 Å². The van der Waals surface area contributed by atoms with Gasteiger partial charge in [-0.25, -0.2) is 0 Å². The van der Waals surface area contributed by atoms with Gasteiger partial charge in [-0.1, -0.05) is 6.07 Å². The first-order valence-electron chi connectivity index (χ1n) is 6.08. The molecule has 1 nitrogen and oxygen atoms in total. The van der Waals surface area contributed by atoms with Crippen molar-refractivity contribution >= 4 is 17.1 Å². The summed E-state index contributed by atoms with van der Waals surface area (Å²) in [5, 5.41) is 1.91. The molecule has 0 bridgehead atoms. The lowest BCUT2D eigenvalue weighted by Crippen LogP contribution is -2.30. The summed E-state index contributed by atoms with van der Waals surface area (Å²) in [7, 11) is 0. The Morgan fingerprint density at radius 3 is 2.44 bits per heavy atom. The summed E-state index contributed by atoms with van der Waals surface area (Å²) in [6, 6.07) is 3.78. The van der Waals surface area contributed by atoms with Crippen LogP contribution in [0.4, 0.5) is 13.2 Å². The first-order chi connectivity index (χ1) is 8.47. The van der Waals surface area contributed by atoms with E-state index < -0.39 is 12.1 Å². The topological polar surface area (TPSA) is 17.1 Å². The maximum Gasteiger partial charge on any atom is 0.391 e. The fourth-order valence-electron chi connectivity index (χ4n) is 2.47. The molecule has 0 unspecified atom stereocenters. The zero-order valence-electron chi connectivity index (χ0n) is 9.87. The van der Waals surface area contributed by atoms with E-state index in [1.165, 1.54) is 11.3 Å². The summed E-state index contributed by atoms with van der Waals surface area (Å²) >= 11 is 1.52. The predicted octanol–water partition coefficient (Wildman–Crippen LogP) is 4.23. The van der Waals surface area contributed by atoms with Gasteiger partial charge in [0.05, 0.1) is 5.92 Å². The highest BCUT2D eigenvalue weighted by Crippen LogP contribution is 2.39. The minimum absolute atomic E-state index is 0.0954. The molecule has 0 N–H and O–H groups in total. The van der Waals surface area contributed by atoms with E-state index in [0.29, 0.717) is 19.3 Å². The van der Waals surface area contributed by atoms with E-state index in [1.807, 2.05) is 17.5 Å². The molecule has 1 aliphatic carbocycles. The molecule has 100 valence electrons. The van der Waals surface area contributed by atoms with Crippen molar-refractivity contribution in [3.05, 3.63) is 22.4 Å². The van der Waals surface area contributed by atoms with E-state index in [2.05, 4.69) is 0 Å². The van der Waals surface area contributed by atoms with E-state index in [0.717, 1.165) is 4.88 Å². The van der Waals surface area contributed by atoms with Crippen molar-refractivity contribution in [1.29, 1.82) is 0 Å². The Balaban J connectivity index is 1.84. The number of Topliss-reactive ketones (excluding diaryl/α,β-unsaturated/α-hetero) is 1. The van der Waals surface area contributed by atoms with Gasteiger partial charge in [0.15, 0.2) is 0 Å². The van der Waals surface area contributed by atoms with Crippen molar-refractivity contribution in [1.82, 2.24) is 0 Å². The molecule has 1 heterocycles. The van der Waals surface area contributed by atoms with E-state index >= 15 is 0 Å². The monoisotopic (exact) mass is 276 g/mol. The summed E-state index contributed by atoms with van der Waals surface area (Å²) in [5.41, 5.74) is 0. The molecule has 1 aromatic rings. The van der Waals surface area contributed by atoms with Gasteiger partial charge >= 0.3 is 6.18 Å². The van der Waals surface area contributed by atoms with Crippen LogP contribution in [-0.2, 0) is 11.2 Å². The highest BCUT2D eigenvalue weighted by atomic mass is 32.1. The highest BCUT2D eigenvalue weighted by Gasteiger charge is 2.42. The molecule has 2 rings (SSSR count). The summed E-state index contributed by atoms with van der Waals surface area (Å²) in [5.74, 6) is -1.29. The summed E-state index contributed by atoms with van der Waals surface area (Å²) in [6.07, 6.45) is -2.75. The Kier molecular flexibility index (Phi) is 4.10. The molecule has 1 aliphatic rings. The van der Waals surface area contributed by atoms with Crippen molar-refractivity contribution in [3.63, 3.8) is 0 Å². The van der Waals surface area contributed by atoms with Crippen LogP contribution in [0, 0.1) is 11.8 Å². The lowest BCUT2D eigenvalue weighted by molar-refractivity contribution is -0.184. The number of carbonyl (C=O) groups is 1. The van der Waals surface area contributed by atoms with Gasteiger partial charge in [0, 0.05) is 17.2 Å². The number of thiophene rings is 1. The van der Waals surface area contributed by atoms with Gasteiger partial charge in [-0.15, -0.1) is 11.3 Å². The van der Waals surface area contributed by atoms with Gasteiger partial charge in [0.25, 0.3) is 0 Å². The van der Waals surface area contributed by atoms with Gasteiger partial charge < -0.3 is 0 Å². The van der Waals surface area contributed by atoms with Crippen molar-refractivity contribution in [2.75, 3.05) is 0 Å². The van der Waals surface area contributed by atoms with Crippen LogP contribution in [0.25, 0.3) is 0 Å². The number of carbonyl (C=O) groups excluding carboxylic acids is 1. The minimum Gasteiger partial charge on any atom is -0.299 e. The van der Waals surface area contributed by atoms with E-state index in [4.69, 9.17) is 0 Å². The molecule has 0 amide bonds. The summed E-state index contributed by atoms with van der Waals surface area (Å²) in [6.45, 7) is 0. The third-order valence-corrected chi connectivity index (χ3v) is 4.45. The third kappa shape index (κ3) is 3.34. The fraction of sp³-hybridized carbons (Fsp3) is 0.615. The third-order valence-electron chi connectivity index (χ3n) is 3.57. The first kappa shape index (κ1) is 13.6. The molecule has 0 spiro atoms. The second-order valence-corrected chi connectivity index (χ2v) is 5.84. The van der Waals surface area contributed by atoms with Crippen LogP contribution in [0.2, 0.25) is 0 Å². The van der Waals surface area contributed by atoms with Crippen LogP contribution in [0.5, 0.6) is 0 Å². The SMILES string of the molecule is O=C(Cc1cccs1)C1CCC(C(F)(F)F)CC1. The van der Waals surface area contributed by atoms with Gasteiger partial charge in [0.2, 0.25) is 0 Å². The molecule has 0 saturated heterocycles. The number of halogens is 3. The Hall–Kier alpha value is -0.840. The van der Waals surface area contributed by atoms with Gasteiger partial charge in [-0.05, 0) is 37.1 Å². The molecule has 0 radical (unpaired) electrons. The molecule has 0 atom stereocenters. The molecule has 1 fully saturated rings. The maximum absolute atomic E-state index is 12.5. The molecular weight excluding hydrogens is 261 g/mol. The van der Waals surface area contributed by atoms with Crippen LogP contribution in [0.1, 0.15) is 30.6 Å². The molecule has 5 heteroatoms.